The minimum absolute atomic E-state index is 0.231. The van der Waals surface area contributed by atoms with E-state index in [0.717, 1.165) is 28.7 Å². The van der Waals surface area contributed by atoms with Crippen molar-refractivity contribution in [3.63, 3.8) is 0 Å². The molecule has 3 rings (SSSR count). The molecular weight excluding hydrogens is 289 g/mol. The average molecular weight is 315 g/mol. The third-order valence-electron chi connectivity index (χ3n) is 5.12. The summed E-state index contributed by atoms with van der Waals surface area (Å²) in [4.78, 5) is 5.49. The van der Waals surface area contributed by atoms with Crippen LogP contribution in [0.2, 0.25) is 0 Å². The number of oxime groups is 1. The van der Waals surface area contributed by atoms with Crippen molar-refractivity contribution in [1.29, 1.82) is 0 Å². The molecular formula is C18H26BNO3. The van der Waals surface area contributed by atoms with Gasteiger partial charge in [-0.3, -0.25) is 0 Å². The molecule has 0 atom stereocenters. The fraction of sp³-hybridized carbons (Fsp3) is 0.611. The summed E-state index contributed by atoms with van der Waals surface area (Å²) in [5.74, 6) is 0. The first-order valence-corrected chi connectivity index (χ1v) is 8.22. The van der Waals surface area contributed by atoms with Crippen molar-refractivity contribution in [1.82, 2.24) is 0 Å². The summed E-state index contributed by atoms with van der Waals surface area (Å²) >= 11 is 0. The Balaban J connectivity index is 1.91. The van der Waals surface area contributed by atoms with Gasteiger partial charge in [-0.1, -0.05) is 28.9 Å². The van der Waals surface area contributed by atoms with Gasteiger partial charge in [-0.2, -0.15) is 0 Å². The Kier molecular flexibility index (Phi) is 3.65. The lowest BCUT2D eigenvalue weighted by atomic mass is 9.75. The van der Waals surface area contributed by atoms with E-state index in [1.165, 1.54) is 0 Å². The molecule has 1 aromatic rings. The molecule has 2 heterocycles. The summed E-state index contributed by atoms with van der Waals surface area (Å²) < 4.78 is 12.4. The number of nitrogens with zero attached hydrogens (tertiary/aromatic N) is 1. The zero-order chi connectivity index (χ0) is 17.0. The van der Waals surface area contributed by atoms with Gasteiger partial charge in [0.15, 0.2) is 0 Å². The van der Waals surface area contributed by atoms with Crippen LogP contribution in [0.15, 0.2) is 23.4 Å². The Hall–Kier alpha value is -1.33. The number of aryl methyl sites for hydroxylation is 1. The number of benzene rings is 1. The van der Waals surface area contributed by atoms with E-state index >= 15 is 0 Å². The molecule has 0 amide bonds. The highest BCUT2D eigenvalue weighted by Crippen LogP contribution is 2.37. The van der Waals surface area contributed by atoms with Crippen molar-refractivity contribution >= 4 is 18.3 Å². The lowest BCUT2D eigenvalue weighted by Gasteiger charge is -2.32. The van der Waals surface area contributed by atoms with E-state index in [1.54, 1.807) is 0 Å². The molecule has 0 radical (unpaired) electrons. The minimum atomic E-state index is -0.351. The van der Waals surface area contributed by atoms with Crippen LogP contribution in [0.5, 0.6) is 0 Å². The van der Waals surface area contributed by atoms with Crippen molar-refractivity contribution in [3.05, 3.63) is 29.3 Å². The van der Waals surface area contributed by atoms with Crippen LogP contribution in [0.4, 0.5) is 0 Å². The van der Waals surface area contributed by atoms with Crippen molar-refractivity contribution in [2.45, 2.75) is 71.7 Å². The molecule has 1 saturated heterocycles. The highest BCUT2D eigenvalue weighted by atomic mass is 16.7. The van der Waals surface area contributed by atoms with Gasteiger partial charge in [-0.25, -0.2) is 0 Å². The topological polar surface area (TPSA) is 40.0 Å². The average Bonchev–Trinajstić information content (AvgIpc) is 2.87. The molecule has 1 aromatic carbocycles. The molecule has 4 nitrogen and oxygen atoms in total. The third-order valence-corrected chi connectivity index (χ3v) is 5.12. The van der Waals surface area contributed by atoms with Crippen LogP contribution in [0.3, 0.4) is 0 Å². The van der Waals surface area contributed by atoms with E-state index in [4.69, 9.17) is 14.1 Å². The fourth-order valence-electron chi connectivity index (χ4n) is 2.85. The first-order chi connectivity index (χ1) is 10.5. The maximum absolute atomic E-state index is 6.20. The molecule has 0 aromatic heterocycles. The zero-order valence-electron chi connectivity index (χ0n) is 15.2. The maximum atomic E-state index is 6.20. The summed E-state index contributed by atoms with van der Waals surface area (Å²) in [6, 6.07) is 6.32. The third kappa shape index (κ3) is 2.92. The standard InChI is InChI=1S/C18H26BNO3/c1-12-8-9-13(15-11-16(2,3)23-20-15)10-14(12)19-21-17(4,5)18(6,7)22-19/h8-10H,11H2,1-7H3. The fourth-order valence-corrected chi connectivity index (χ4v) is 2.85. The molecule has 1 fully saturated rings. The van der Waals surface area contributed by atoms with E-state index in [-0.39, 0.29) is 23.9 Å². The first-order valence-electron chi connectivity index (χ1n) is 8.22. The van der Waals surface area contributed by atoms with Gasteiger partial charge in [0.05, 0.1) is 16.9 Å². The number of rotatable bonds is 2. The zero-order valence-corrected chi connectivity index (χ0v) is 15.2. The van der Waals surface area contributed by atoms with Crippen LogP contribution >= 0.6 is 0 Å². The Bertz CT molecular complexity index is 648. The molecule has 5 heteroatoms. The van der Waals surface area contributed by atoms with Crippen molar-refractivity contribution in [3.8, 4) is 0 Å². The van der Waals surface area contributed by atoms with Gasteiger partial charge in [0.2, 0.25) is 0 Å². The molecule has 0 unspecified atom stereocenters. The van der Waals surface area contributed by atoms with E-state index in [1.807, 2.05) is 13.8 Å². The van der Waals surface area contributed by atoms with Crippen molar-refractivity contribution < 1.29 is 14.1 Å². The van der Waals surface area contributed by atoms with Gasteiger partial charge < -0.3 is 14.1 Å². The summed E-state index contributed by atoms with van der Waals surface area (Å²) in [7, 11) is -0.351. The largest absolute Gasteiger partial charge is 0.495 e. The maximum Gasteiger partial charge on any atom is 0.495 e. The Morgan fingerprint density at radius 2 is 1.61 bits per heavy atom. The quantitative estimate of drug-likeness (QED) is 0.787. The number of hydrogen-bond acceptors (Lipinski definition) is 4. The predicted octanol–water partition coefficient (Wildman–Crippen LogP) is 3.20. The van der Waals surface area contributed by atoms with Crippen molar-refractivity contribution in [2.75, 3.05) is 0 Å². The molecule has 0 aliphatic carbocycles. The molecule has 23 heavy (non-hydrogen) atoms. The predicted molar refractivity (Wildman–Crippen MR) is 93.2 cm³/mol. The molecule has 0 spiro atoms. The van der Waals surface area contributed by atoms with Crippen LogP contribution < -0.4 is 5.46 Å². The Labute approximate surface area is 139 Å². The summed E-state index contributed by atoms with van der Waals surface area (Å²) in [5, 5.41) is 4.25. The second-order valence-corrected chi connectivity index (χ2v) is 8.23. The van der Waals surface area contributed by atoms with E-state index in [2.05, 4.69) is 58.0 Å². The molecule has 0 saturated carbocycles. The Morgan fingerprint density at radius 3 is 2.13 bits per heavy atom. The Morgan fingerprint density at radius 1 is 1.00 bits per heavy atom. The van der Waals surface area contributed by atoms with Crippen LogP contribution in [0.25, 0.3) is 0 Å². The SMILES string of the molecule is Cc1ccc(C2=NOC(C)(C)C2)cc1B1OC(C)(C)C(C)(C)O1. The highest BCUT2D eigenvalue weighted by Gasteiger charge is 2.52. The van der Waals surface area contributed by atoms with Crippen LogP contribution in [0.1, 0.15) is 59.1 Å². The highest BCUT2D eigenvalue weighted by molar-refractivity contribution is 6.62. The van der Waals surface area contributed by atoms with Crippen LogP contribution in [-0.4, -0.2) is 29.6 Å². The van der Waals surface area contributed by atoms with Gasteiger partial charge in [0.1, 0.15) is 5.60 Å². The van der Waals surface area contributed by atoms with E-state index in [0.29, 0.717) is 0 Å². The van der Waals surface area contributed by atoms with E-state index < -0.39 is 0 Å². The first kappa shape index (κ1) is 16.5. The van der Waals surface area contributed by atoms with Gasteiger partial charge in [0.25, 0.3) is 0 Å². The van der Waals surface area contributed by atoms with Crippen molar-refractivity contribution in [2.24, 2.45) is 5.16 Å². The van der Waals surface area contributed by atoms with Gasteiger partial charge >= 0.3 is 7.12 Å². The van der Waals surface area contributed by atoms with Crippen LogP contribution in [0, 0.1) is 6.92 Å². The normalized spacial score (nSPS) is 24.5. The second kappa shape index (κ2) is 5.08. The lowest BCUT2D eigenvalue weighted by Crippen LogP contribution is -2.41. The summed E-state index contributed by atoms with van der Waals surface area (Å²) in [5.41, 5.74) is 3.37. The molecule has 0 N–H and O–H groups in total. The smallest absolute Gasteiger partial charge is 0.399 e. The second-order valence-electron chi connectivity index (χ2n) is 8.23. The molecule has 2 aliphatic heterocycles. The van der Waals surface area contributed by atoms with Gasteiger partial charge in [0, 0.05) is 6.42 Å². The van der Waals surface area contributed by atoms with Gasteiger partial charge in [-0.05, 0) is 59.5 Å². The minimum Gasteiger partial charge on any atom is -0.399 e. The molecule has 2 aliphatic rings. The van der Waals surface area contributed by atoms with Crippen LogP contribution in [-0.2, 0) is 14.1 Å². The molecule has 124 valence electrons. The lowest BCUT2D eigenvalue weighted by molar-refractivity contribution is 0.00578. The van der Waals surface area contributed by atoms with Gasteiger partial charge in [-0.15, -0.1) is 0 Å². The number of hydrogen-bond donors (Lipinski definition) is 0. The molecule has 0 bridgehead atoms. The van der Waals surface area contributed by atoms with E-state index in [9.17, 15) is 0 Å². The summed E-state index contributed by atoms with van der Waals surface area (Å²) in [6.45, 7) is 14.5. The summed E-state index contributed by atoms with van der Waals surface area (Å²) in [6.07, 6.45) is 0.804. The monoisotopic (exact) mass is 315 g/mol.